The molecule has 0 radical (unpaired) electrons. The average Bonchev–Trinajstić information content (AvgIpc) is 2.72. The van der Waals surface area contributed by atoms with Crippen molar-refractivity contribution < 1.29 is 13.5 Å². The molecule has 0 fully saturated rings. The van der Waals surface area contributed by atoms with Crippen LogP contribution in [0.4, 0.5) is 10.3 Å². The van der Waals surface area contributed by atoms with Gasteiger partial charge in [-0.3, -0.25) is 0 Å². The van der Waals surface area contributed by atoms with Gasteiger partial charge in [0.15, 0.2) is 11.6 Å². The summed E-state index contributed by atoms with van der Waals surface area (Å²) in [6.45, 7) is 3.63. The Bertz CT molecular complexity index is 641. The molecule has 0 bridgehead atoms. The van der Waals surface area contributed by atoms with E-state index in [1.54, 1.807) is 6.07 Å². The fourth-order valence-corrected chi connectivity index (χ4v) is 1.72. The zero-order chi connectivity index (χ0) is 14.0. The van der Waals surface area contributed by atoms with Gasteiger partial charge in [-0.1, -0.05) is 6.07 Å². The average molecular weight is 260 g/mol. The molecule has 0 saturated carbocycles. The summed E-state index contributed by atoms with van der Waals surface area (Å²) < 4.78 is 24.2. The van der Waals surface area contributed by atoms with E-state index in [0.29, 0.717) is 11.1 Å². The lowest BCUT2D eigenvalue weighted by Gasteiger charge is -2.11. The van der Waals surface area contributed by atoms with E-state index in [2.05, 4.69) is 0 Å². The summed E-state index contributed by atoms with van der Waals surface area (Å²) >= 11 is 0. The number of furan rings is 1. The van der Waals surface area contributed by atoms with E-state index in [0.717, 1.165) is 0 Å². The summed E-state index contributed by atoms with van der Waals surface area (Å²) in [5.74, 6) is -0.288. The Labute approximate surface area is 110 Å². The molecule has 0 aliphatic rings. The van der Waals surface area contributed by atoms with Crippen molar-refractivity contribution in [2.45, 2.75) is 20.0 Å². The van der Waals surface area contributed by atoms with Crippen LogP contribution in [0.2, 0.25) is 0 Å². The zero-order valence-electron chi connectivity index (χ0n) is 10.6. The molecule has 19 heavy (non-hydrogen) atoms. The minimum Gasteiger partial charge on any atom is -0.488 e. The number of hydrogen-bond donors (Lipinski definition) is 1. The topological polar surface area (TPSA) is 72.2 Å². The lowest BCUT2D eigenvalue weighted by atomic mass is 10.0. The van der Waals surface area contributed by atoms with Crippen LogP contribution in [0.25, 0.3) is 11.1 Å². The monoisotopic (exact) mass is 260 g/mol. The van der Waals surface area contributed by atoms with Gasteiger partial charge in [-0.05, 0) is 31.5 Å². The second-order valence-corrected chi connectivity index (χ2v) is 4.31. The maximum Gasteiger partial charge on any atom is 0.208 e. The van der Waals surface area contributed by atoms with Gasteiger partial charge in [0, 0.05) is 5.56 Å². The van der Waals surface area contributed by atoms with Crippen molar-refractivity contribution in [3.63, 3.8) is 0 Å². The molecule has 0 aliphatic carbocycles. The number of benzene rings is 1. The third-order valence-electron chi connectivity index (χ3n) is 2.54. The first-order valence-corrected chi connectivity index (χ1v) is 5.76. The molecule has 98 valence electrons. The molecule has 1 aromatic carbocycles. The maximum absolute atomic E-state index is 13.9. The highest BCUT2D eigenvalue weighted by atomic mass is 19.1. The fourth-order valence-electron chi connectivity index (χ4n) is 1.72. The Morgan fingerprint density at radius 2 is 2.16 bits per heavy atom. The molecule has 2 aromatic rings. The standard InChI is InChI=1S/C14H13FN2O2/c1-8(2)19-13-4-3-9(5-12(13)15)11-7-18-14(17)10(11)6-16/h3-5,7-8H,17H2,1-2H3. The van der Waals surface area contributed by atoms with Gasteiger partial charge in [0.25, 0.3) is 0 Å². The highest BCUT2D eigenvalue weighted by molar-refractivity contribution is 5.74. The summed E-state index contributed by atoms with van der Waals surface area (Å²) in [6, 6.07) is 6.41. The molecule has 2 rings (SSSR count). The largest absolute Gasteiger partial charge is 0.488 e. The smallest absolute Gasteiger partial charge is 0.208 e. The number of halogens is 1. The second-order valence-electron chi connectivity index (χ2n) is 4.31. The molecule has 4 nitrogen and oxygen atoms in total. The Hall–Kier alpha value is -2.48. The number of nitrogens with two attached hydrogens (primary N) is 1. The molecule has 0 aliphatic heterocycles. The number of nitriles is 1. The Balaban J connectivity index is 2.42. The molecule has 5 heteroatoms. The number of hydrogen-bond acceptors (Lipinski definition) is 4. The number of nitrogen functional groups attached to an aromatic ring is 1. The number of rotatable bonds is 3. The first kappa shape index (κ1) is 13.0. The lowest BCUT2D eigenvalue weighted by molar-refractivity contribution is 0.231. The van der Waals surface area contributed by atoms with Crippen molar-refractivity contribution in [1.82, 2.24) is 0 Å². The van der Waals surface area contributed by atoms with Gasteiger partial charge in [0.05, 0.1) is 6.10 Å². The second kappa shape index (κ2) is 5.02. The van der Waals surface area contributed by atoms with Crippen molar-refractivity contribution in [2.24, 2.45) is 0 Å². The van der Waals surface area contributed by atoms with Crippen molar-refractivity contribution in [3.8, 4) is 22.9 Å². The van der Waals surface area contributed by atoms with E-state index >= 15 is 0 Å². The highest BCUT2D eigenvalue weighted by Gasteiger charge is 2.15. The summed E-state index contributed by atoms with van der Waals surface area (Å²) in [6.07, 6.45) is 1.23. The first-order chi connectivity index (χ1) is 9.02. The molecule has 0 atom stereocenters. The van der Waals surface area contributed by atoms with Gasteiger partial charge in [-0.2, -0.15) is 5.26 Å². The molecule has 0 amide bonds. The Morgan fingerprint density at radius 3 is 2.74 bits per heavy atom. The maximum atomic E-state index is 13.9. The minimum absolute atomic E-state index is 0.0282. The minimum atomic E-state index is -0.491. The van der Waals surface area contributed by atoms with E-state index in [1.807, 2.05) is 19.9 Å². The third-order valence-corrected chi connectivity index (χ3v) is 2.54. The van der Waals surface area contributed by atoms with Crippen LogP contribution >= 0.6 is 0 Å². The highest BCUT2D eigenvalue weighted by Crippen LogP contribution is 2.31. The van der Waals surface area contributed by atoms with Crippen molar-refractivity contribution in [1.29, 1.82) is 5.26 Å². The Morgan fingerprint density at radius 1 is 1.42 bits per heavy atom. The van der Waals surface area contributed by atoms with Gasteiger partial charge in [0.2, 0.25) is 5.88 Å². The van der Waals surface area contributed by atoms with E-state index in [-0.39, 0.29) is 23.3 Å². The van der Waals surface area contributed by atoms with E-state index in [1.165, 1.54) is 18.4 Å². The van der Waals surface area contributed by atoms with Crippen LogP contribution in [0.1, 0.15) is 19.4 Å². The van der Waals surface area contributed by atoms with Gasteiger partial charge in [-0.25, -0.2) is 4.39 Å². The van der Waals surface area contributed by atoms with E-state index in [9.17, 15) is 4.39 Å². The molecular weight excluding hydrogens is 247 g/mol. The predicted molar refractivity (Wildman–Crippen MR) is 69.0 cm³/mol. The van der Waals surface area contributed by atoms with Crippen molar-refractivity contribution in [2.75, 3.05) is 5.73 Å². The number of anilines is 1. The molecular formula is C14H13FN2O2. The van der Waals surface area contributed by atoms with E-state index < -0.39 is 5.82 Å². The van der Waals surface area contributed by atoms with Crippen LogP contribution in [-0.2, 0) is 0 Å². The molecule has 2 N–H and O–H groups in total. The van der Waals surface area contributed by atoms with Crippen LogP contribution in [-0.4, -0.2) is 6.10 Å². The predicted octanol–water partition coefficient (Wildman–Crippen LogP) is 3.33. The quantitative estimate of drug-likeness (QED) is 0.918. The van der Waals surface area contributed by atoms with Crippen LogP contribution in [0.5, 0.6) is 5.75 Å². The fraction of sp³-hybridized carbons (Fsp3) is 0.214. The van der Waals surface area contributed by atoms with Crippen molar-refractivity contribution >= 4 is 5.88 Å². The zero-order valence-corrected chi connectivity index (χ0v) is 10.6. The molecule has 0 saturated heterocycles. The Kier molecular flexibility index (Phi) is 3.43. The lowest BCUT2D eigenvalue weighted by Crippen LogP contribution is -2.06. The van der Waals surface area contributed by atoms with Crippen LogP contribution in [0.15, 0.2) is 28.9 Å². The summed E-state index contributed by atoms with van der Waals surface area (Å²) in [7, 11) is 0. The molecule has 0 unspecified atom stereocenters. The van der Waals surface area contributed by atoms with Crippen LogP contribution in [0.3, 0.4) is 0 Å². The third kappa shape index (κ3) is 2.52. The van der Waals surface area contributed by atoms with Gasteiger partial charge in [0.1, 0.15) is 17.9 Å². The SMILES string of the molecule is CC(C)Oc1ccc(-c2coc(N)c2C#N)cc1F. The van der Waals surface area contributed by atoms with Gasteiger partial charge < -0.3 is 14.9 Å². The van der Waals surface area contributed by atoms with Crippen molar-refractivity contribution in [3.05, 3.63) is 35.8 Å². The molecule has 0 spiro atoms. The first-order valence-electron chi connectivity index (χ1n) is 5.76. The summed E-state index contributed by atoms with van der Waals surface area (Å²) in [5, 5.41) is 8.98. The molecule has 1 heterocycles. The van der Waals surface area contributed by atoms with Gasteiger partial charge >= 0.3 is 0 Å². The molecule has 1 aromatic heterocycles. The number of nitrogens with zero attached hydrogens (tertiary/aromatic N) is 1. The van der Waals surface area contributed by atoms with Crippen LogP contribution in [0, 0.1) is 17.1 Å². The number of ether oxygens (including phenoxy) is 1. The van der Waals surface area contributed by atoms with E-state index in [4.69, 9.17) is 20.1 Å². The normalized spacial score (nSPS) is 10.5. The van der Waals surface area contributed by atoms with Crippen LogP contribution < -0.4 is 10.5 Å². The summed E-state index contributed by atoms with van der Waals surface area (Å²) in [5.41, 5.74) is 6.71. The van der Waals surface area contributed by atoms with Gasteiger partial charge in [-0.15, -0.1) is 0 Å². The summed E-state index contributed by atoms with van der Waals surface area (Å²) in [4.78, 5) is 0.